The molecule has 2 rings (SSSR count). The predicted octanol–water partition coefficient (Wildman–Crippen LogP) is 4.66. The third-order valence-corrected chi connectivity index (χ3v) is 3.57. The van der Waals surface area contributed by atoms with Gasteiger partial charge in [0.15, 0.2) is 0 Å². The number of hydrogen-bond donors (Lipinski definition) is 1. The first-order valence-electron chi connectivity index (χ1n) is 5.85. The van der Waals surface area contributed by atoms with Gasteiger partial charge < -0.3 is 5.11 Å². The summed E-state index contributed by atoms with van der Waals surface area (Å²) in [6.07, 6.45) is -4.59. The topological polar surface area (TPSA) is 33.1 Å². The van der Waals surface area contributed by atoms with Crippen LogP contribution in [0.3, 0.4) is 0 Å². The van der Waals surface area contributed by atoms with Crippen LogP contribution in [0.4, 0.5) is 13.2 Å². The van der Waals surface area contributed by atoms with E-state index in [2.05, 4.69) is 4.98 Å². The van der Waals surface area contributed by atoms with Crippen LogP contribution in [0.15, 0.2) is 36.4 Å². The fourth-order valence-corrected chi connectivity index (χ4v) is 2.43. The lowest BCUT2D eigenvalue weighted by atomic mass is 9.89. The highest BCUT2D eigenvalue weighted by Crippen LogP contribution is 2.36. The van der Waals surface area contributed by atoms with Gasteiger partial charge in [0, 0.05) is 10.6 Å². The summed E-state index contributed by atoms with van der Waals surface area (Å²) in [5.41, 5.74) is -2.25. The zero-order chi connectivity index (χ0) is 15.8. The standard InChI is InChI=1S/C14H10Cl2F3NO/c1-13(21,8-3-2-4-9(15)7-8)10-5-6-11(14(17,18)19)20-12(10)16/h2-7,21H,1H3. The van der Waals surface area contributed by atoms with Gasteiger partial charge in [-0.1, -0.05) is 41.4 Å². The number of aromatic nitrogens is 1. The Morgan fingerprint density at radius 3 is 2.29 bits per heavy atom. The Kier molecular flexibility index (Phi) is 4.19. The van der Waals surface area contributed by atoms with Crippen molar-refractivity contribution < 1.29 is 18.3 Å². The summed E-state index contributed by atoms with van der Waals surface area (Å²) >= 11 is 11.7. The summed E-state index contributed by atoms with van der Waals surface area (Å²) in [5.74, 6) is 0. The van der Waals surface area contributed by atoms with Gasteiger partial charge in [0.05, 0.1) is 0 Å². The molecule has 1 aromatic heterocycles. The van der Waals surface area contributed by atoms with Gasteiger partial charge >= 0.3 is 6.18 Å². The molecule has 0 fully saturated rings. The third-order valence-electron chi connectivity index (χ3n) is 3.05. The second-order valence-corrected chi connectivity index (χ2v) is 5.41. The van der Waals surface area contributed by atoms with Crippen LogP contribution in [0.2, 0.25) is 10.2 Å². The molecule has 0 saturated carbocycles. The molecule has 1 aromatic carbocycles. The molecule has 7 heteroatoms. The molecule has 0 bridgehead atoms. The lowest BCUT2D eigenvalue weighted by Crippen LogP contribution is -2.24. The van der Waals surface area contributed by atoms with Gasteiger partial charge in [-0.05, 0) is 30.7 Å². The maximum absolute atomic E-state index is 12.6. The van der Waals surface area contributed by atoms with Crippen molar-refractivity contribution in [3.63, 3.8) is 0 Å². The van der Waals surface area contributed by atoms with Crippen molar-refractivity contribution in [2.45, 2.75) is 18.7 Å². The molecule has 0 aliphatic carbocycles. The molecular formula is C14H10Cl2F3NO. The van der Waals surface area contributed by atoms with Crippen molar-refractivity contribution in [2.75, 3.05) is 0 Å². The zero-order valence-electron chi connectivity index (χ0n) is 10.7. The molecule has 1 heterocycles. The van der Waals surface area contributed by atoms with E-state index >= 15 is 0 Å². The maximum atomic E-state index is 12.6. The van der Waals surface area contributed by atoms with Gasteiger partial charge in [-0.2, -0.15) is 13.2 Å². The van der Waals surface area contributed by atoms with E-state index in [1.807, 2.05) is 0 Å². The van der Waals surface area contributed by atoms with Crippen molar-refractivity contribution >= 4 is 23.2 Å². The molecule has 0 saturated heterocycles. The highest BCUT2D eigenvalue weighted by Gasteiger charge is 2.35. The number of hydrogen-bond acceptors (Lipinski definition) is 2. The van der Waals surface area contributed by atoms with Crippen molar-refractivity contribution in [1.82, 2.24) is 4.98 Å². The van der Waals surface area contributed by atoms with E-state index in [9.17, 15) is 18.3 Å². The molecule has 112 valence electrons. The zero-order valence-corrected chi connectivity index (χ0v) is 12.3. The van der Waals surface area contributed by atoms with Crippen LogP contribution in [0.1, 0.15) is 23.7 Å². The van der Waals surface area contributed by atoms with E-state index < -0.39 is 22.6 Å². The Balaban J connectivity index is 2.50. The maximum Gasteiger partial charge on any atom is 0.433 e. The first-order chi connectivity index (χ1) is 9.62. The SMILES string of the molecule is CC(O)(c1cccc(Cl)c1)c1ccc(C(F)(F)F)nc1Cl. The summed E-state index contributed by atoms with van der Waals surface area (Å²) in [5, 5.41) is 10.6. The molecule has 21 heavy (non-hydrogen) atoms. The van der Waals surface area contributed by atoms with E-state index in [4.69, 9.17) is 23.2 Å². The molecule has 0 amide bonds. The average molecular weight is 336 g/mol. The fraction of sp³-hybridized carbons (Fsp3) is 0.214. The van der Waals surface area contributed by atoms with Crippen LogP contribution in [0, 0.1) is 0 Å². The van der Waals surface area contributed by atoms with Gasteiger partial charge in [-0.3, -0.25) is 0 Å². The second-order valence-electron chi connectivity index (χ2n) is 4.62. The van der Waals surface area contributed by atoms with Crippen molar-refractivity contribution in [3.05, 3.63) is 63.4 Å². The fourth-order valence-electron chi connectivity index (χ4n) is 1.90. The Bertz CT molecular complexity index is 672. The lowest BCUT2D eigenvalue weighted by Gasteiger charge is -2.25. The molecule has 0 spiro atoms. The van der Waals surface area contributed by atoms with Gasteiger partial charge in [0.2, 0.25) is 0 Å². The normalized spacial score (nSPS) is 14.8. The van der Waals surface area contributed by atoms with Gasteiger partial charge in [-0.25, -0.2) is 4.98 Å². The lowest BCUT2D eigenvalue weighted by molar-refractivity contribution is -0.141. The van der Waals surface area contributed by atoms with E-state index in [0.717, 1.165) is 12.1 Å². The van der Waals surface area contributed by atoms with Crippen molar-refractivity contribution in [1.29, 1.82) is 0 Å². The van der Waals surface area contributed by atoms with Gasteiger partial charge in [0.25, 0.3) is 0 Å². The van der Waals surface area contributed by atoms with Crippen LogP contribution in [0.25, 0.3) is 0 Å². The number of benzene rings is 1. The summed E-state index contributed by atoms with van der Waals surface area (Å²) in [4.78, 5) is 3.31. The van der Waals surface area contributed by atoms with E-state index in [0.29, 0.717) is 10.6 Å². The van der Waals surface area contributed by atoms with E-state index in [1.54, 1.807) is 18.2 Å². The van der Waals surface area contributed by atoms with Crippen LogP contribution in [0.5, 0.6) is 0 Å². The second kappa shape index (κ2) is 5.48. The predicted molar refractivity (Wildman–Crippen MR) is 74.4 cm³/mol. The molecule has 0 radical (unpaired) electrons. The van der Waals surface area contributed by atoms with Crippen LogP contribution in [-0.2, 0) is 11.8 Å². The monoisotopic (exact) mass is 335 g/mol. The highest BCUT2D eigenvalue weighted by molar-refractivity contribution is 6.31. The quantitative estimate of drug-likeness (QED) is 0.809. The summed E-state index contributed by atoms with van der Waals surface area (Å²) in [6.45, 7) is 1.41. The number of alkyl halides is 3. The molecule has 1 atom stereocenters. The molecular weight excluding hydrogens is 326 g/mol. The minimum Gasteiger partial charge on any atom is -0.381 e. The highest BCUT2D eigenvalue weighted by atomic mass is 35.5. The minimum absolute atomic E-state index is 0.0689. The molecule has 1 N–H and O–H groups in total. The number of pyridine rings is 1. The third kappa shape index (κ3) is 3.31. The van der Waals surface area contributed by atoms with Crippen molar-refractivity contribution in [3.8, 4) is 0 Å². The van der Waals surface area contributed by atoms with E-state index in [-0.39, 0.29) is 5.56 Å². The van der Waals surface area contributed by atoms with Crippen LogP contribution >= 0.6 is 23.2 Å². The minimum atomic E-state index is -4.59. The summed E-state index contributed by atoms with van der Waals surface area (Å²) < 4.78 is 37.7. The number of halogens is 5. The Morgan fingerprint density at radius 1 is 1.10 bits per heavy atom. The largest absolute Gasteiger partial charge is 0.433 e. The molecule has 2 nitrogen and oxygen atoms in total. The smallest absolute Gasteiger partial charge is 0.381 e. The van der Waals surface area contributed by atoms with E-state index in [1.165, 1.54) is 13.0 Å². The summed E-state index contributed by atoms with van der Waals surface area (Å²) in [7, 11) is 0. The first-order valence-corrected chi connectivity index (χ1v) is 6.60. The van der Waals surface area contributed by atoms with Crippen LogP contribution in [-0.4, -0.2) is 10.1 Å². The molecule has 0 aliphatic heterocycles. The number of nitrogens with zero attached hydrogens (tertiary/aromatic N) is 1. The molecule has 0 aliphatic rings. The number of rotatable bonds is 2. The average Bonchev–Trinajstić information content (AvgIpc) is 2.37. The molecule has 1 unspecified atom stereocenters. The van der Waals surface area contributed by atoms with Crippen LogP contribution < -0.4 is 0 Å². The van der Waals surface area contributed by atoms with Gasteiger partial charge in [0.1, 0.15) is 16.4 Å². The summed E-state index contributed by atoms with van der Waals surface area (Å²) in [6, 6.07) is 8.24. The van der Waals surface area contributed by atoms with Gasteiger partial charge in [-0.15, -0.1) is 0 Å². The first kappa shape index (κ1) is 16.1. The molecule has 2 aromatic rings. The Morgan fingerprint density at radius 2 is 1.76 bits per heavy atom. The Hall–Kier alpha value is -1.30. The van der Waals surface area contributed by atoms with Crippen molar-refractivity contribution in [2.24, 2.45) is 0 Å². The Labute approximate surface area is 129 Å². The number of aliphatic hydroxyl groups is 1.